The summed E-state index contributed by atoms with van der Waals surface area (Å²) in [5.74, 6) is 2.51. The largest absolute Gasteiger partial charge is 0.497 e. The fourth-order valence-electron chi connectivity index (χ4n) is 3.57. The Kier molecular flexibility index (Phi) is 10.8. The van der Waals surface area contributed by atoms with Gasteiger partial charge >= 0.3 is 0 Å². The molecule has 0 bridgehead atoms. The Hall–Kier alpha value is -1.22. The van der Waals surface area contributed by atoms with Crippen LogP contribution >= 0.6 is 24.0 Å². The predicted octanol–water partition coefficient (Wildman–Crippen LogP) is 3.20. The van der Waals surface area contributed by atoms with Gasteiger partial charge in [0.2, 0.25) is 0 Å². The first-order valence-corrected chi connectivity index (χ1v) is 9.42. The van der Waals surface area contributed by atoms with Crippen molar-refractivity contribution in [1.82, 2.24) is 15.1 Å². The first-order chi connectivity index (χ1) is 12.6. The fourth-order valence-corrected chi connectivity index (χ4v) is 3.57. The molecule has 1 saturated carbocycles. The zero-order chi connectivity index (χ0) is 18.9. The maximum Gasteiger partial charge on any atom is 0.193 e. The van der Waals surface area contributed by atoms with E-state index < -0.39 is 0 Å². The summed E-state index contributed by atoms with van der Waals surface area (Å²) in [5.41, 5.74) is 1.10. The van der Waals surface area contributed by atoms with Gasteiger partial charge in [0.15, 0.2) is 5.96 Å². The maximum atomic E-state index is 5.50. The molecule has 154 valence electrons. The molecule has 0 spiro atoms. The van der Waals surface area contributed by atoms with Gasteiger partial charge in [0, 0.05) is 51.4 Å². The minimum Gasteiger partial charge on any atom is -0.497 e. The molecule has 0 saturated heterocycles. The molecule has 1 aliphatic carbocycles. The molecule has 1 aromatic carbocycles. The van der Waals surface area contributed by atoms with Gasteiger partial charge in [0.25, 0.3) is 0 Å². The Bertz CT molecular complexity index is 591. The molecule has 0 radical (unpaired) electrons. The molecule has 0 heterocycles. The SMILES string of the molecule is CN=C(NCCN(C)C1CCCC1)N(C)Cc1ccc(OC)cc1OC.I. The molecule has 0 unspecified atom stereocenters. The van der Waals surface area contributed by atoms with Gasteiger partial charge in [-0.1, -0.05) is 12.8 Å². The highest BCUT2D eigenvalue weighted by Crippen LogP contribution is 2.25. The average molecular weight is 490 g/mol. The predicted molar refractivity (Wildman–Crippen MR) is 123 cm³/mol. The Balaban J connectivity index is 0.00000364. The molecule has 0 aliphatic heterocycles. The van der Waals surface area contributed by atoms with E-state index in [1.54, 1.807) is 14.2 Å². The summed E-state index contributed by atoms with van der Waals surface area (Å²) in [6.07, 6.45) is 5.41. The molecule has 7 heteroatoms. The van der Waals surface area contributed by atoms with Crippen molar-refractivity contribution >= 4 is 29.9 Å². The van der Waals surface area contributed by atoms with Crippen molar-refractivity contribution < 1.29 is 9.47 Å². The lowest BCUT2D eigenvalue weighted by atomic mass is 10.2. The lowest BCUT2D eigenvalue weighted by Crippen LogP contribution is -2.43. The third-order valence-corrected chi connectivity index (χ3v) is 5.17. The minimum absolute atomic E-state index is 0. The van der Waals surface area contributed by atoms with E-state index in [1.807, 2.05) is 32.3 Å². The molecule has 0 aromatic heterocycles. The Morgan fingerprint density at radius 1 is 1.19 bits per heavy atom. The van der Waals surface area contributed by atoms with Crippen LogP contribution in [-0.4, -0.2) is 70.3 Å². The average Bonchev–Trinajstić information content (AvgIpc) is 3.20. The monoisotopic (exact) mass is 490 g/mol. The molecule has 1 fully saturated rings. The van der Waals surface area contributed by atoms with Crippen LogP contribution in [-0.2, 0) is 6.54 Å². The van der Waals surface area contributed by atoms with Crippen molar-refractivity contribution in [2.75, 3.05) is 48.5 Å². The lowest BCUT2D eigenvalue weighted by molar-refractivity contribution is 0.248. The Morgan fingerprint density at radius 2 is 1.89 bits per heavy atom. The third kappa shape index (κ3) is 7.03. The fraction of sp³-hybridized carbons (Fsp3) is 0.650. The van der Waals surface area contributed by atoms with Crippen molar-refractivity contribution in [1.29, 1.82) is 0 Å². The van der Waals surface area contributed by atoms with Gasteiger partial charge in [-0.2, -0.15) is 0 Å². The molecule has 2 rings (SSSR count). The van der Waals surface area contributed by atoms with Crippen LogP contribution in [0, 0.1) is 0 Å². The zero-order valence-corrected chi connectivity index (χ0v) is 19.7. The molecule has 6 nitrogen and oxygen atoms in total. The molecule has 1 N–H and O–H groups in total. The normalized spacial score (nSPS) is 14.8. The number of aliphatic imine (C=N–C) groups is 1. The van der Waals surface area contributed by atoms with E-state index in [0.29, 0.717) is 6.54 Å². The third-order valence-electron chi connectivity index (χ3n) is 5.17. The number of rotatable bonds is 8. The van der Waals surface area contributed by atoms with E-state index in [2.05, 4.69) is 27.2 Å². The number of hydrogen-bond donors (Lipinski definition) is 1. The number of methoxy groups -OCH3 is 2. The van der Waals surface area contributed by atoms with Crippen LogP contribution in [0.3, 0.4) is 0 Å². The van der Waals surface area contributed by atoms with Crippen LogP contribution in [0.2, 0.25) is 0 Å². The summed E-state index contributed by atoms with van der Waals surface area (Å²) < 4.78 is 10.8. The van der Waals surface area contributed by atoms with Crippen molar-refractivity contribution in [3.63, 3.8) is 0 Å². The highest BCUT2D eigenvalue weighted by Gasteiger charge is 2.19. The van der Waals surface area contributed by atoms with Crippen molar-refractivity contribution in [3.8, 4) is 11.5 Å². The second-order valence-corrected chi connectivity index (χ2v) is 6.93. The lowest BCUT2D eigenvalue weighted by Gasteiger charge is -2.26. The second kappa shape index (κ2) is 12.3. The molecule has 0 amide bonds. The molecular formula is C20H35IN4O2. The van der Waals surface area contributed by atoms with Gasteiger partial charge in [-0.15, -0.1) is 24.0 Å². The van der Waals surface area contributed by atoms with E-state index in [0.717, 1.165) is 42.2 Å². The Morgan fingerprint density at radius 3 is 2.48 bits per heavy atom. The zero-order valence-electron chi connectivity index (χ0n) is 17.3. The smallest absolute Gasteiger partial charge is 0.193 e. The minimum atomic E-state index is 0. The topological polar surface area (TPSA) is 49.3 Å². The van der Waals surface area contributed by atoms with Gasteiger partial charge in [-0.05, 0) is 32.0 Å². The number of hydrogen-bond acceptors (Lipinski definition) is 4. The molecular weight excluding hydrogens is 455 g/mol. The number of halogens is 1. The summed E-state index contributed by atoms with van der Waals surface area (Å²) in [6, 6.07) is 6.66. The van der Waals surface area contributed by atoms with Crippen LogP contribution in [0.4, 0.5) is 0 Å². The second-order valence-electron chi connectivity index (χ2n) is 6.93. The van der Waals surface area contributed by atoms with Crippen LogP contribution in [0.15, 0.2) is 23.2 Å². The summed E-state index contributed by atoms with van der Waals surface area (Å²) in [6.45, 7) is 2.64. The summed E-state index contributed by atoms with van der Waals surface area (Å²) in [4.78, 5) is 9.00. The van der Waals surface area contributed by atoms with Gasteiger partial charge in [0.05, 0.1) is 14.2 Å². The number of likely N-dealkylation sites (N-methyl/N-ethyl adjacent to an activating group) is 1. The standard InChI is InChI=1S/C20H34N4O2.HI/c1-21-20(22-12-13-23(2)17-8-6-7-9-17)24(3)15-16-10-11-18(25-4)14-19(16)26-5;/h10-11,14,17H,6-9,12-13,15H2,1-5H3,(H,21,22);1H. The van der Waals surface area contributed by atoms with E-state index in [1.165, 1.54) is 25.7 Å². The van der Waals surface area contributed by atoms with Crippen LogP contribution < -0.4 is 14.8 Å². The van der Waals surface area contributed by atoms with Crippen molar-refractivity contribution in [2.24, 2.45) is 4.99 Å². The van der Waals surface area contributed by atoms with Gasteiger partial charge in [0.1, 0.15) is 11.5 Å². The van der Waals surface area contributed by atoms with Gasteiger partial charge in [-0.25, -0.2) is 0 Å². The van der Waals surface area contributed by atoms with E-state index in [-0.39, 0.29) is 24.0 Å². The Labute approximate surface area is 181 Å². The van der Waals surface area contributed by atoms with Gasteiger partial charge < -0.3 is 24.6 Å². The van der Waals surface area contributed by atoms with E-state index in [9.17, 15) is 0 Å². The number of benzene rings is 1. The first-order valence-electron chi connectivity index (χ1n) is 9.42. The van der Waals surface area contributed by atoms with Crippen molar-refractivity contribution in [3.05, 3.63) is 23.8 Å². The summed E-state index contributed by atoms with van der Waals surface area (Å²) in [5, 5.41) is 3.47. The van der Waals surface area contributed by atoms with Crippen LogP contribution in [0.5, 0.6) is 11.5 Å². The summed E-state index contributed by atoms with van der Waals surface area (Å²) >= 11 is 0. The molecule has 1 aliphatic rings. The van der Waals surface area contributed by atoms with Crippen LogP contribution in [0.25, 0.3) is 0 Å². The van der Waals surface area contributed by atoms with Crippen molar-refractivity contribution in [2.45, 2.75) is 38.3 Å². The highest BCUT2D eigenvalue weighted by molar-refractivity contribution is 14.0. The first kappa shape index (κ1) is 23.8. The number of guanidine groups is 1. The molecule has 27 heavy (non-hydrogen) atoms. The van der Waals surface area contributed by atoms with E-state index in [4.69, 9.17) is 9.47 Å². The number of nitrogens with zero attached hydrogens (tertiary/aromatic N) is 3. The van der Waals surface area contributed by atoms with E-state index >= 15 is 0 Å². The highest BCUT2D eigenvalue weighted by atomic mass is 127. The van der Waals surface area contributed by atoms with Crippen LogP contribution in [0.1, 0.15) is 31.2 Å². The number of nitrogens with one attached hydrogen (secondary N) is 1. The quantitative estimate of drug-likeness (QED) is 0.345. The molecule has 0 atom stereocenters. The van der Waals surface area contributed by atoms with Gasteiger partial charge in [-0.3, -0.25) is 4.99 Å². The molecule has 1 aromatic rings. The maximum absolute atomic E-state index is 5.50. The summed E-state index contributed by atoms with van der Waals surface area (Å²) in [7, 11) is 9.44. The number of ether oxygens (including phenoxy) is 2.